The van der Waals surface area contributed by atoms with Gasteiger partial charge < -0.3 is 19.5 Å². The van der Waals surface area contributed by atoms with Crippen molar-refractivity contribution in [3.05, 3.63) is 21.9 Å². The first kappa shape index (κ1) is 22.8. The molecule has 2 rings (SSSR count). The van der Waals surface area contributed by atoms with Crippen molar-refractivity contribution in [1.82, 2.24) is 0 Å². The summed E-state index contributed by atoms with van der Waals surface area (Å²) in [5, 5.41) is 2.69. The lowest BCUT2D eigenvalue weighted by Gasteiger charge is -2.19. The standard InChI is InChI=1S/C19H27BrFNO5Si/c1-25-19(24)13-10-14(21)16(20)18(27-11-26-7-8-28(2,3)4)17(13)22-15(23)9-12-5-6-12/h10,12H,5-9,11H2,1-4H3,(H,22,23). The van der Waals surface area contributed by atoms with Crippen LogP contribution in [0.15, 0.2) is 10.5 Å². The maximum atomic E-state index is 14.3. The molecule has 1 aliphatic carbocycles. The van der Waals surface area contributed by atoms with E-state index < -0.39 is 19.9 Å². The van der Waals surface area contributed by atoms with Crippen LogP contribution in [0, 0.1) is 11.7 Å². The number of carbonyl (C=O) groups is 2. The van der Waals surface area contributed by atoms with E-state index in [-0.39, 0.29) is 34.2 Å². The van der Waals surface area contributed by atoms with Gasteiger partial charge in [-0.3, -0.25) is 4.79 Å². The van der Waals surface area contributed by atoms with E-state index in [9.17, 15) is 14.0 Å². The van der Waals surface area contributed by atoms with Gasteiger partial charge in [-0.05, 0) is 46.8 Å². The largest absolute Gasteiger partial charge is 0.465 e. The lowest BCUT2D eigenvalue weighted by atomic mass is 10.1. The van der Waals surface area contributed by atoms with Crippen molar-refractivity contribution in [1.29, 1.82) is 0 Å². The Morgan fingerprint density at radius 1 is 1.32 bits per heavy atom. The van der Waals surface area contributed by atoms with Gasteiger partial charge in [-0.2, -0.15) is 0 Å². The molecule has 1 saturated carbocycles. The van der Waals surface area contributed by atoms with Crippen LogP contribution in [0.1, 0.15) is 29.6 Å². The average Bonchev–Trinajstić information content (AvgIpc) is 3.42. The van der Waals surface area contributed by atoms with E-state index in [2.05, 4.69) is 40.9 Å². The number of amides is 1. The van der Waals surface area contributed by atoms with E-state index in [1.807, 2.05) is 0 Å². The third-order valence-electron chi connectivity index (χ3n) is 4.30. The summed E-state index contributed by atoms with van der Waals surface area (Å²) in [7, 11) is -0.0531. The highest BCUT2D eigenvalue weighted by molar-refractivity contribution is 9.10. The SMILES string of the molecule is COC(=O)c1cc(F)c(Br)c(OCOCC[Si](C)(C)C)c1NC(=O)CC1CC1. The predicted octanol–water partition coefficient (Wildman–Crippen LogP) is 4.80. The first-order chi connectivity index (χ1) is 13.1. The fraction of sp³-hybridized carbons (Fsp3) is 0.579. The zero-order chi connectivity index (χ0) is 20.9. The minimum atomic E-state index is -1.25. The summed E-state index contributed by atoms with van der Waals surface area (Å²) in [5.41, 5.74) is -0.0241. The van der Waals surface area contributed by atoms with Crippen molar-refractivity contribution in [3.63, 3.8) is 0 Å². The third-order valence-corrected chi connectivity index (χ3v) is 6.74. The van der Waals surface area contributed by atoms with Gasteiger partial charge in [0.05, 0.1) is 22.8 Å². The van der Waals surface area contributed by atoms with Gasteiger partial charge >= 0.3 is 5.97 Å². The second-order valence-corrected chi connectivity index (χ2v) is 14.5. The van der Waals surface area contributed by atoms with Crippen LogP contribution in [0.2, 0.25) is 25.7 Å². The molecule has 1 aliphatic rings. The molecule has 1 fully saturated rings. The van der Waals surface area contributed by atoms with E-state index in [0.29, 0.717) is 18.9 Å². The summed E-state index contributed by atoms with van der Waals surface area (Å²) < 4.78 is 30.2. The topological polar surface area (TPSA) is 73.9 Å². The number of methoxy groups -OCH3 is 1. The van der Waals surface area contributed by atoms with Crippen molar-refractivity contribution in [2.75, 3.05) is 25.8 Å². The highest BCUT2D eigenvalue weighted by atomic mass is 79.9. The Morgan fingerprint density at radius 2 is 2.00 bits per heavy atom. The number of benzene rings is 1. The second kappa shape index (κ2) is 9.84. The molecule has 1 amide bonds. The molecule has 0 aromatic heterocycles. The number of esters is 1. The van der Waals surface area contributed by atoms with E-state index >= 15 is 0 Å². The number of carbonyl (C=O) groups excluding carboxylic acids is 2. The Kier molecular flexibility index (Phi) is 8.03. The monoisotopic (exact) mass is 475 g/mol. The van der Waals surface area contributed by atoms with Crippen LogP contribution in [0.4, 0.5) is 10.1 Å². The summed E-state index contributed by atoms with van der Waals surface area (Å²) in [4.78, 5) is 24.4. The molecule has 28 heavy (non-hydrogen) atoms. The number of hydrogen-bond donors (Lipinski definition) is 1. The third kappa shape index (κ3) is 6.86. The molecule has 6 nitrogen and oxygen atoms in total. The van der Waals surface area contributed by atoms with Crippen molar-refractivity contribution >= 4 is 41.6 Å². The predicted molar refractivity (Wildman–Crippen MR) is 111 cm³/mol. The van der Waals surface area contributed by atoms with Gasteiger partial charge in [-0.1, -0.05) is 19.6 Å². The Morgan fingerprint density at radius 3 is 2.57 bits per heavy atom. The van der Waals surface area contributed by atoms with Gasteiger partial charge in [0, 0.05) is 21.1 Å². The molecule has 0 spiro atoms. The molecule has 0 atom stereocenters. The van der Waals surface area contributed by atoms with Gasteiger partial charge in [0.25, 0.3) is 0 Å². The molecular formula is C19H27BrFNO5Si. The van der Waals surface area contributed by atoms with E-state index in [1.165, 1.54) is 7.11 Å². The molecule has 1 aromatic carbocycles. The minimum Gasteiger partial charge on any atom is -0.465 e. The van der Waals surface area contributed by atoms with Crippen molar-refractivity contribution in [3.8, 4) is 5.75 Å². The smallest absolute Gasteiger partial charge is 0.340 e. The highest BCUT2D eigenvalue weighted by Crippen LogP contribution is 2.40. The molecule has 156 valence electrons. The maximum absolute atomic E-state index is 14.3. The number of hydrogen-bond acceptors (Lipinski definition) is 5. The van der Waals surface area contributed by atoms with Gasteiger partial charge in [-0.15, -0.1) is 0 Å². The summed E-state index contributed by atoms with van der Waals surface area (Å²) >= 11 is 3.14. The number of rotatable bonds is 10. The lowest BCUT2D eigenvalue weighted by molar-refractivity contribution is -0.116. The summed E-state index contributed by atoms with van der Waals surface area (Å²) in [5.74, 6) is -1.34. The zero-order valence-electron chi connectivity index (χ0n) is 16.7. The van der Waals surface area contributed by atoms with Crippen molar-refractivity contribution in [2.24, 2.45) is 5.92 Å². The molecule has 0 unspecified atom stereocenters. The molecule has 0 saturated heterocycles. The summed E-state index contributed by atoms with van der Waals surface area (Å²) in [6, 6.07) is 1.97. The van der Waals surface area contributed by atoms with Crippen LogP contribution < -0.4 is 10.1 Å². The highest BCUT2D eigenvalue weighted by Gasteiger charge is 2.28. The maximum Gasteiger partial charge on any atom is 0.340 e. The molecule has 0 bridgehead atoms. The number of nitrogens with one attached hydrogen (secondary N) is 1. The summed E-state index contributed by atoms with van der Waals surface area (Å²) in [6.07, 6.45) is 2.37. The molecule has 1 N–H and O–H groups in total. The molecular weight excluding hydrogens is 449 g/mol. The first-order valence-corrected chi connectivity index (χ1v) is 13.7. The Hall–Kier alpha value is -1.45. The number of halogens is 2. The van der Waals surface area contributed by atoms with Crippen LogP contribution in [0.25, 0.3) is 0 Å². The number of anilines is 1. The van der Waals surface area contributed by atoms with Crippen LogP contribution >= 0.6 is 15.9 Å². The van der Waals surface area contributed by atoms with E-state index in [1.54, 1.807) is 0 Å². The molecule has 0 heterocycles. The second-order valence-electron chi connectivity index (χ2n) is 8.09. The first-order valence-electron chi connectivity index (χ1n) is 9.23. The molecule has 0 radical (unpaired) electrons. The average molecular weight is 476 g/mol. The minimum absolute atomic E-state index is 0.00988. The molecule has 1 aromatic rings. The lowest BCUT2D eigenvalue weighted by Crippen LogP contribution is -2.22. The molecule has 0 aliphatic heterocycles. The zero-order valence-corrected chi connectivity index (χ0v) is 19.3. The van der Waals surface area contributed by atoms with Crippen molar-refractivity contribution in [2.45, 2.75) is 44.9 Å². The van der Waals surface area contributed by atoms with Gasteiger partial charge in [0.1, 0.15) is 5.82 Å². The van der Waals surface area contributed by atoms with E-state index in [0.717, 1.165) is 25.0 Å². The normalized spacial score (nSPS) is 13.9. The fourth-order valence-corrected chi connectivity index (χ4v) is 3.63. The van der Waals surface area contributed by atoms with Gasteiger partial charge in [0.2, 0.25) is 5.91 Å². The van der Waals surface area contributed by atoms with Crippen LogP contribution in [-0.4, -0.2) is 40.5 Å². The fourth-order valence-electron chi connectivity index (χ4n) is 2.45. The van der Waals surface area contributed by atoms with Crippen LogP contribution in [0.3, 0.4) is 0 Å². The summed E-state index contributed by atoms with van der Waals surface area (Å²) in [6.45, 7) is 7.10. The van der Waals surface area contributed by atoms with Gasteiger partial charge in [0.15, 0.2) is 12.5 Å². The Labute approximate surface area is 174 Å². The number of ether oxygens (including phenoxy) is 3. The van der Waals surface area contributed by atoms with E-state index in [4.69, 9.17) is 14.2 Å². The quantitative estimate of drug-likeness (QED) is 0.227. The Balaban J connectivity index is 2.20. The van der Waals surface area contributed by atoms with Crippen LogP contribution in [0.5, 0.6) is 5.75 Å². The van der Waals surface area contributed by atoms with Crippen molar-refractivity contribution < 1.29 is 28.2 Å². The van der Waals surface area contributed by atoms with Gasteiger partial charge in [-0.25, -0.2) is 9.18 Å². The Bertz CT molecular complexity index is 734. The molecule has 9 heteroatoms. The van der Waals surface area contributed by atoms with Crippen LogP contribution in [-0.2, 0) is 14.3 Å².